The third kappa shape index (κ3) is 2.56. The van der Waals surface area contributed by atoms with Crippen LogP contribution < -0.4 is 10.9 Å². The van der Waals surface area contributed by atoms with Crippen molar-refractivity contribution < 1.29 is 5.11 Å². The highest BCUT2D eigenvalue weighted by molar-refractivity contribution is 6.02. The normalized spacial score (nSPS) is 16.0. The SMILES string of the molecule is O=c1c2cn[nH]c2c2cnc(NC3(CO)CCCC3)nc2n1-c1ccccc1. The van der Waals surface area contributed by atoms with E-state index >= 15 is 0 Å². The summed E-state index contributed by atoms with van der Waals surface area (Å²) in [5, 5.41) is 21.3. The second kappa shape index (κ2) is 6.42. The van der Waals surface area contributed by atoms with Crippen molar-refractivity contribution in [1.82, 2.24) is 24.7 Å². The van der Waals surface area contributed by atoms with Gasteiger partial charge in [0.05, 0.1) is 40.3 Å². The fraction of sp³-hybridized carbons (Fsp3) is 0.300. The van der Waals surface area contributed by atoms with Crippen LogP contribution in [0.25, 0.3) is 27.6 Å². The Bertz CT molecular complexity index is 1210. The van der Waals surface area contributed by atoms with Gasteiger partial charge in [-0.2, -0.15) is 10.1 Å². The summed E-state index contributed by atoms with van der Waals surface area (Å²) in [6, 6.07) is 9.40. The molecule has 1 aliphatic rings. The molecule has 1 aromatic carbocycles. The molecular formula is C20H20N6O2. The quantitative estimate of drug-likeness (QED) is 0.505. The number of benzene rings is 1. The van der Waals surface area contributed by atoms with Gasteiger partial charge < -0.3 is 10.4 Å². The molecule has 28 heavy (non-hydrogen) atoms. The van der Waals surface area contributed by atoms with Crippen LogP contribution in [0.2, 0.25) is 0 Å². The lowest BCUT2D eigenvalue weighted by Gasteiger charge is -2.28. The van der Waals surface area contributed by atoms with Crippen LogP contribution in [0, 0.1) is 0 Å². The first-order valence-electron chi connectivity index (χ1n) is 9.40. The van der Waals surface area contributed by atoms with Crippen molar-refractivity contribution in [1.29, 1.82) is 0 Å². The second-order valence-corrected chi connectivity index (χ2v) is 7.34. The molecule has 3 aromatic heterocycles. The van der Waals surface area contributed by atoms with Crippen LogP contribution >= 0.6 is 0 Å². The molecule has 0 aliphatic heterocycles. The maximum absolute atomic E-state index is 13.2. The van der Waals surface area contributed by atoms with Crippen LogP contribution in [-0.2, 0) is 0 Å². The van der Waals surface area contributed by atoms with Crippen molar-refractivity contribution in [3.8, 4) is 5.69 Å². The summed E-state index contributed by atoms with van der Waals surface area (Å²) < 4.78 is 1.58. The molecule has 5 rings (SSSR count). The molecule has 1 aliphatic carbocycles. The van der Waals surface area contributed by atoms with Gasteiger partial charge in [0.25, 0.3) is 5.56 Å². The Balaban J connectivity index is 1.75. The minimum absolute atomic E-state index is 0.0273. The maximum atomic E-state index is 13.2. The summed E-state index contributed by atoms with van der Waals surface area (Å²) in [5.74, 6) is 0.409. The number of hydrogen-bond donors (Lipinski definition) is 3. The highest BCUT2D eigenvalue weighted by atomic mass is 16.3. The molecule has 1 saturated carbocycles. The second-order valence-electron chi connectivity index (χ2n) is 7.34. The smallest absolute Gasteiger partial charge is 0.267 e. The molecule has 8 nitrogen and oxygen atoms in total. The van der Waals surface area contributed by atoms with E-state index < -0.39 is 5.54 Å². The fourth-order valence-corrected chi connectivity index (χ4v) is 4.08. The zero-order valence-electron chi connectivity index (χ0n) is 15.2. The van der Waals surface area contributed by atoms with Crippen LogP contribution in [0.4, 0.5) is 5.95 Å². The van der Waals surface area contributed by atoms with E-state index in [-0.39, 0.29) is 12.2 Å². The van der Waals surface area contributed by atoms with Crippen LogP contribution in [0.1, 0.15) is 25.7 Å². The lowest BCUT2D eigenvalue weighted by molar-refractivity contribution is 0.213. The highest BCUT2D eigenvalue weighted by Gasteiger charge is 2.34. The summed E-state index contributed by atoms with van der Waals surface area (Å²) in [6.45, 7) is 0.0273. The van der Waals surface area contributed by atoms with Gasteiger partial charge in [0.2, 0.25) is 5.95 Å². The minimum Gasteiger partial charge on any atom is -0.394 e. The third-order valence-corrected chi connectivity index (χ3v) is 5.58. The number of pyridine rings is 1. The van der Waals surface area contributed by atoms with Gasteiger partial charge in [-0.3, -0.25) is 14.5 Å². The number of hydrogen-bond acceptors (Lipinski definition) is 6. The fourth-order valence-electron chi connectivity index (χ4n) is 4.08. The molecule has 0 bridgehead atoms. The molecule has 3 N–H and O–H groups in total. The average Bonchev–Trinajstić information content (AvgIpc) is 3.39. The van der Waals surface area contributed by atoms with Gasteiger partial charge in [0.15, 0.2) is 5.65 Å². The van der Waals surface area contributed by atoms with E-state index in [0.29, 0.717) is 27.9 Å². The van der Waals surface area contributed by atoms with E-state index in [2.05, 4.69) is 25.5 Å². The molecule has 1 fully saturated rings. The number of anilines is 1. The molecule has 8 heteroatoms. The van der Waals surface area contributed by atoms with Crippen molar-refractivity contribution in [3.05, 3.63) is 53.1 Å². The highest BCUT2D eigenvalue weighted by Crippen LogP contribution is 2.32. The first kappa shape index (κ1) is 16.9. The number of aliphatic hydroxyl groups is 1. The molecule has 3 heterocycles. The zero-order chi connectivity index (χ0) is 19.1. The Hall–Kier alpha value is -3.26. The van der Waals surface area contributed by atoms with E-state index in [1.165, 1.54) is 6.20 Å². The van der Waals surface area contributed by atoms with Crippen molar-refractivity contribution in [2.24, 2.45) is 0 Å². The summed E-state index contributed by atoms with van der Waals surface area (Å²) in [6.07, 6.45) is 7.09. The monoisotopic (exact) mass is 376 g/mol. The predicted octanol–water partition coefficient (Wildman–Crippen LogP) is 2.37. The van der Waals surface area contributed by atoms with E-state index in [1.807, 2.05) is 30.3 Å². The lowest BCUT2D eigenvalue weighted by Crippen LogP contribution is -2.39. The van der Waals surface area contributed by atoms with E-state index in [9.17, 15) is 9.90 Å². The van der Waals surface area contributed by atoms with Crippen molar-refractivity contribution in [2.45, 2.75) is 31.2 Å². The number of nitrogens with zero attached hydrogens (tertiary/aromatic N) is 4. The number of para-hydroxylation sites is 1. The molecule has 0 unspecified atom stereocenters. The Morgan fingerprint density at radius 2 is 1.93 bits per heavy atom. The van der Waals surface area contributed by atoms with Gasteiger partial charge >= 0.3 is 0 Å². The first-order chi connectivity index (χ1) is 13.7. The standard InChI is InChI=1S/C20H20N6O2/c27-12-20(8-4-5-9-20)24-19-21-10-14-16-15(11-22-25-16)18(28)26(17(14)23-19)13-6-2-1-3-7-13/h1-3,6-7,10-11,27H,4-5,8-9,12H2,(H,22,25)(H,21,23,24). The predicted molar refractivity (Wildman–Crippen MR) is 107 cm³/mol. The van der Waals surface area contributed by atoms with Crippen LogP contribution in [0.15, 0.2) is 47.5 Å². The van der Waals surface area contributed by atoms with Crippen molar-refractivity contribution in [2.75, 3.05) is 11.9 Å². The summed E-state index contributed by atoms with van der Waals surface area (Å²) in [5.41, 5.74) is 1.25. The number of rotatable bonds is 4. The van der Waals surface area contributed by atoms with Gasteiger partial charge in [-0.1, -0.05) is 31.0 Å². The van der Waals surface area contributed by atoms with Gasteiger partial charge in [-0.15, -0.1) is 0 Å². The number of aliphatic hydroxyl groups excluding tert-OH is 1. The molecule has 4 aromatic rings. The number of nitrogens with one attached hydrogen (secondary N) is 2. The summed E-state index contributed by atoms with van der Waals surface area (Å²) in [7, 11) is 0. The van der Waals surface area contributed by atoms with Gasteiger partial charge in [0.1, 0.15) is 0 Å². The maximum Gasteiger partial charge on any atom is 0.267 e. The molecule has 0 amide bonds. The molecular weight excluding hydrogens is 356 g/mol. The van der Waals surface area contributed by atoms with Gasteiger partial charge in [0, 0.05) is 6.20 Å². The molecule has 0 atom stereocenters. The topological polar surface area (TPSA) is 109 Å². The Morgan fingerprint density at radius 3 is 2.68 bits per heavy atom. The molecule has 0 radical (unpaired) electrons. The first-order valence-corrected chi connectivity index (χ1v) is 9.40. The average molecular weight is 376 g/mol. The van der Waals surface area contributed by atoms with E-state index in [4.69, 9.17) is 0 Å². The largest absolute Gasteiger partial charge is 0.394 e. The van der Waals surface area contributed by atoms with Crippen molar-refractivity contribution in [3.63, 3.8) is 0 Å². The number of aromatic amines is 1. The van der Waals surface area contributed by atoms with Crippen LogP contribution in [0.3, 0.4) is 0 Å². The molecule has 0 spiro atoms. The Kier molecular flexibility index (Phi) is 3.87. The Morgan fingerprint density at radius 1 is 1.14 bits per heavy atom. The third-order valence-electron chi connectivity index (χ3n) is 5.58. The van der Waals surface area contributed by atoms with E-state index in [0.717, 1.165) is 31.4 Å². The van der Waals surface area contributed by atoms with Crippen LogP contribution in [-0.4, -0.2) is 42.0 Å². The van der Waals surface area contributed by atoms with Crippen LogP contribution in [0.5, 0.6) is 0 Å². The lowest BCUT2D eigenvalue weighted by atomic mass is 9.99. The molecule has 142 valence electrons. The summed E-state index contributed by atoms with van der Waals surface area (Å²) >= 11 is 0. The number of aromatic nitrogens is 5. The van der Waals surface area contributed by atoms with Gasteiger partial charge in [-0.05, 0) is 25.0 Å². The van der Waals surface area contributed by atoms with Crippen molar-refractivity contribution >= 4 is 27.9 Å². The Labute approximate surface area is 160 Å². The molecule has 0 saturated heterocycles. The number of H-pyrrole nitrogens is 1. The minimum atomic E-state index is -0.399. The zero-order valence-corrected chi connectivity index (χ0v) is 15.2. The number of fused-ring (bicyclic) bond motifs is 3. The van der Waals surface area contributed by atoms with E-state index in [1.54, 1.807) is 10.8 Å². The summed E-state index contributed by atoms with van der Waals surface area (Å²) in [4.78, 5) is 22.3. The van der Waals surface area contributed by atoms with Gasteiger partial charge in [-0.25, -0.2) is 4.98 Å².